The fourth-order valence-electron chi connectivity index (χ4n) is 4.91. The summed E-state index contributed by atoms with van der Waals surface area (Å²) < 4.78 is 12.8. The Labute approximate surface area is 211 Å². The van der Waals surface area contributed by atoms with E-state index in [0.29, 0.717) is 23.6 Å². The number of hydrogen-bond acceptors (Lipinski definition) is 6. The summed E-state index contributed by atoms with van der Waals surface area (Å²) in [5.41, 5.74) is 2.09. The minimum atomic E-state index is -0.871. The number of nitrogens with zero attached hydrogens (tertiary/aromatic N) is 4. The summed E-state index contributed by atoms with van der Waals surface area (Å²) in [6.07, 6.45) is 5.71. The van der Waals surface area contributed by atoms with E-state index in [0.717, 1.165) is 49.6 Å². The van der Waals surface area contributed by atoms with Gasteiger partial charge in [-0.15, -0.1) is 5.10 Å². The number of nitrogens with one attached hydrogen (secondary N) is 1. The zero-order valence-electron chi connectivity index (χ0n) is 21.3. The highest BCUT2D eigenvalue weighted by molar-refractivity contribution is 5.90. The summed E-state index contributed by atoms with van der Waals surface area (Å²) in [6.45, 7) is 2.46. The van der Waals surface area contributed by atoms with Crippen LogP contribution in [0.25, 0.3) is 11.0 Å². The molecule has 0 radical (unpaired) electrons. The summed E-state index contributed by atoms with van der Waals surface area (Å²) in [4.78, 5) is 29.4. The second kappa shape index (κ2) is 11.9. The van der Waals surface area contributed by atoms with Crippen molar-refractivity contribution >= 4 is 22.8 Å². The Morgan fingerprint density at radius 1 is 1.11 bits per heavy atom. The van der Waals surface area contributed by atoms with Gasteiger partial charge in [0.05, 0.1) is 19.7 Å². The van der Waals surface area contributed by atoms with Gasteiger partial charge in [0, 0.05) is 18.2 Å². The molecule has 9 heteroatoms. The Morgan fingerprint density at radius 3 is 2.61 bits per heavy atom. The van der Waals surface area contributed by atoms with Gasteiger partial charge in [0.25, 0.3) is 0 Å². The van der Waals surface area contributed by atoms with Crippen molar-refractivity contribution in [2.75, 3.05) is 20.8 Å². The molecule has 3 aromatic rings. The van der Waals surface area contributed by atoms with Gasteiger partial charge in [0.2, 0.25) is 11.8 Å². The fraction of sp³-hybridized carbons (Fsp3) is 0.481. The van der Waals surface area contributed by atoms with Crippen LogP contribution in [0.15, 0.2) is 42.5 Å². The topological polar surface area (TPSA) is 98.6 Å². The van der Waals surface area contributed by atoms with Gasteiger partial charge in [-0.25, -0.2) is 4.68 Å². The minimum absolute atomic E-state index is 0.0241. The lowest BCUT2D eigenvalue weighted by atomic mass is 10.0. The summed E-state index contributed by atoms with van der Waals surface area (Å²) in [5, 5.41) is 11.6. The van der Waals surface area contributed by atoms with E-state index in [1.54, 1.807) is 29.9 Å². The van der Waals surface area contributed by atoms with Gasteiger partial charge in [0.15, 0.2) is 11.5 Å². The molecule has 36 heavy (non-hydrogen) atoms. The Morgan fingerprint density at radius 2 is 1.89 bits per heavy atom. The van der Waals surface area contributed by atoms with Gasteiger partial charge >= 0.3 is 0 Å². The van der Waals surface area contributed by atoms with Crippen molar-refractivity contribution in [1.82, 2.24) is 25.2 Å². The molecule has 1 atom stereocenters. The third-order valence-electron chi connectivity index (χ3n) is 6.77. The molecule has 2 aromatic carbocycles. The maximum absolute atomic E-state index is 13.9. The highest BCUT2D eigenvalue weighted by Gasteiger charge is 2.35. The molecule has 0 unspecified atom stereocenters. The first kappa shape index (κ1) is 25.5. The van der Waals surface area contributed by atoms with E-state index in [9.17, 15) is 9.59 Å². The molecule has 1 aromatic heterocycles. The van der Waals surface area contributed by atoms with Gasteiger partial charge in [0.1, 0.15) is 18.1 Å². The standard InChI is InChI=1S/C27H35N5O4/c1-4-5-17-31(24(33)18-32-22-15-9-8-14-21(22)29-30-32)25(27(34)28-19-11-6-7-12-19)20-13-10-16-23(35-2)26(20)36-3/h8-10,13-16,19,25H,4-7,11-12,17-18H2,1-3H3,(H,28,34)/t25-/m1/s1. The second-order valence-corrected chi connectivity index (χ2v) is 9.15. The van der Waals surface area contributed by atoms with E-state index in [4.69, 9.17) is 9.47 Å². The second-order valence-electron chi connectivity index (χ2n) is 9.15. The van der Waals surface area contributed by atoms with E-state index in [1.807, 2.05) is 36.4 Å². The van der Waals surface area contributed by atoms with E-state index >= 15 is 0 Å². The lowest BCUT2D eigenvalue weighted by Gasteiger charge is -2.33. The molecule has 1 heterocycles. The molecule has 1 fully saturated rings. The van der Waals surface area contributed by atoms with Crippen LogP contribution in [0.4, 0.5) is 0 Å². The quantitative estimate of drug-likeness (QED) is 0.435. The molecule has 192 valence electrons. The fourth-order valence-corrected chi connectivity index (χ4v) is 4.91. The molecule has 2 amide bonds. The Hall–Kier alpha value is -3.62. The van der Waals surface area contributed by atoms with Crippen LogP contribution in [0.5, 0.6) is 11.5 Å². The Bertz CT molecular complexity index is 1190. The highest BCUT2D eigenvalue weighted by Crippen LogP contribution is 2.38. The molecular formula is C27H35N5O4. The summed E-state index contributed by atoms with van der Waals surface area (Å²) in [6, 6.07) is 12.2. The number of amides is 2. The van der Waals surface area contributed by atoms with Gasteiger partial charge in [-0.3, -0.25) is 9.59 Å². The monoisotopic (exact) mass is 493 g/mol. The van der Waals surface area contributed by atoms with Crippen LogP contribution in [0.2, 0.25) is 0 Å². The zero-order chi connectivity index (χ0) is 25.5. The molecule has 1 aliphatic carbocycles. The molecule has 0 aliphatic heterocycles. The van der Waals surface area contributed by atoms with Crippen molar-refractivity contribution in [3.63, 3.8) is 0 Å². The lowest BCUT2D eigenvalue weighted by molar-refractivity contribution is -0.142. The average Bonchev–Trinajstić information content (AvgIpc) is 3.56. The van der Waals surface area contributed by atoms with E-state index in [-0.39, 0.29) is 24.4 Å². The number of hydrogen-bond donors (Lipinski definition) is 1. The summed E-state index contributed by atoms with van der Waals surface area (Å²) >= 11 is 0. The highest BCUT2D eigenvalue weighted by atomic mass is 16.5. The molecule has 1 saturated carbocycles. The Kier molecular flexibility index (Phi) is 8.40. The molecule has 0 bridgehead atoms. The first-order chi connectivity index (χ1) is 17.6. The number of para-hydroxylation sites is 2. The Balaban J connectivity index is 1.73. The zero-order valence-corrected chi connectivity index (χ0v) is 21.3. The van der Waals surface area contributed by atoms with Crippen LogP contribution in [0.3, 0.4) is 0 Å². The minimum Gasteiger partial charge on any atom is -0.493 e. The normalized spacial score (nSPS) is 14.5. The van der Waals surface area contributed by atoms with Crippen molar-refractivity contribution < 1.29 is 19.1 Å². The van der Waals surface area contributed by atoms with Gasteiger partial charge in [-0.2, -0.15) is 0 Å². The molecule has 9 nitrogen and oxygen atoms in total. The number of benzene rings is 2. The first-order valence-electron chi connectivity index (χ1n) is 12.7. The van der Waals surface area contributed by atoms with Crippen molar-refractivity contribution in [1.29, 1.82) is 0 Å². The van der Waals surface area contributed by atoms with Gasteiger partial charge in [-0.1, -0.05) is 55.7 Å². The number of rotatable bonds is 11. The van der Waals surface area contributed by atoms with Crippen LogP contribution >= 0.6 is 0 Å². The van der Waals surface area contributed by atoms with Crippen LogP contribution in [-0.2, 0) is 16.1 Å². The van der Waals surface area contributed by atoms with Gasteiger partial charge < -0.3 is 19.7 Å². The molecule has 1 N–H and O–H groups in total. The predicted molar refractivity (Wildman–Crippen MR) is 137 cm³/mol. The van der Waals surface area contributed by atoms with Crippen molar-refractivity contribution in [3.8, 4) is 11.5 Å². The number of carbonyl (C=O) groups is 2. The molecular weight excluding hydrogens is 458 g/mol. The molecule has 0 saturated heterocycles. The van der Waals surface area contributed by atoms with Crippen LogP contribution in [0.1, 0.15) is 57.1 Å². The van der Waals surface area contributed by atoms with Crippen molar-refractivity contribution in [2.24, 2.45) is 0 Å². The number of aromatic nitrogens is 3. The number of fused-ring (bicyclic) bond motifs is 1. The SMILES string of the molecule is CCCCN(C(=O)Cn1nnc2ccccc21)[C@@H](C(=O)NC1CCCC1)c1cccc(OC)c1OC. The maximum atomic E-state index is 13.9. The first-order valence-corrected chi connectivity index (χ1v) is 12.7. The number of methoxy groups -OCH3 is 2. The molecule has 1 aliphatic rings. The molecule has 4 rings (SSSR count). The number of carbonyl (C=O) groups excluding carboxylic acids is 2. The van der Waals surface area contributed by atoms with Gasteiger partial charge in [-0.05, 0) is 37.5 Å². The number of unbranched alkanes of at least 4 members (excludes halogenated alkanes) is 1. The van der Waals surface area contributed by atoms with Crippen LogP contribution in [0, 0.1) is 0 Å². The number of ether oxygens (including phenoxy) is 2. The maximum Gasteiger partial charge on any atom is 0.247 e. The smallest absolute Gasteiger partial charge is 0.247 e. The largest absolute Gasteiger partial charge is 0.493 e. The van der Waals surface area contributed by atoms with E-state index in [1.165, 1.54) is 0 Å². The third kappa shape index (κ3) is 5.45. The van der Waals surface area contributed by atoms with E-state index < -0.39 is 6.04 Å². The van der Waals surface area contributed by atoms with E-state index in [2.05, 4.69) is 22.6 Å². The van der Waals surface area contributed by atoms with Crippen LogP contribution < -0.4 is 14.8 Å². The van der Waals surface area contributed by atoms with Crippen LogP contribution in [-0.4, -0.2) is 58.5 Å². The van der Waals surface area contributed by atoms with Crippen molar-refractivity contribution in [2.45, 2.75) is 64.1 Å². The average molecular weight is 494 g/mol. The molecule has 0 spiro atoms. The summed E-state index contributed by atoms with van der Waals surface area (Å²) in [5.74, 6) is 0.544. The summed E-state index contributed by atoms with van der Waals surface area (Å²) in [7, 11) is 3.11. The predicted octanol–water partition coefficient (Wildman–Crippen LogP) is 3.88. The lowest BCUT2D eigenvalue weighted by Crippen LogP contribution is -2.47. The third-order valence-corrected chi connectivity index (χ3v) is 6.77. The van der Waals surface area contributed by atoms with Crippen molar-refractivity contribution in [3.05, 3.63) is 48.0 Å².